The minimum Gasteiger partial charge on any atom is -0.451 e. The lowest BCUT2D eigenvalue weighted by Crippen LogP contribution is -2.39. The van der Waals surface area contributed by atoms with Crippen LogP contribution in [0.4, 0.5) is 0 Å². The maximum absolute atomic E-state index is 12.8. The summed E-state index contributed by atoms with van der Waals surface area (Å²) in [5.41, 5.74) is 1.68. The molecule has 1 aliphatic rings. The Labute approximate surface area is 130 Å². The van der Waals surface area contributed by atoms with Crippen LogP contribution >= 0.6 is 0 Å². The van der Waals surface area contributed by atoms with Crippen molar-refractivity contribution in [1.29, 1.82) is 0 Å². The third-order valence-corrected chi connectivity index (χ3v) is 4.98. The van der Waals surface area contributed by atoms with Crippen molar-refractivity contribution in [3.05, 3.63) is 35.6 Å². The number of nitrogens with zero attached hydrogens (tertiary/aromatic N) is 1. The SMILES string of the molecule is Cc1c(C(=O)N(C)C2CCC(CO)CC2)oc2ccccc12. The number of hydrogen-bond donors (Lipinski definition) is 1. The van der Waals surface area contributed by atoms with E-state index in [4.69, 9.17) is 4.42 Å². The second-order valence-corrected chi connectivity index (χ2v) is 6.33. The molecular weight excluding hydrogens is 278 g/mol. The average molecular weight is 301 g/mol. The summed E-state index contributed by atoms with van der Waals surface area (Å²) in [7, 11) is 1.86. The van der Waals surface area contributed by atoms with Gasteiger partial charge in [-0.15, -0.1) is 0 Å². The van der Waals surface area contributed by atoms with Gasteiger partial charge in [0, 0.05) is 30.6 Å². The molecule has 2 aromatic rings. The summed E-state index contributed by atoms with van der Waals surface area (Å²) in [5, 5.41) is 10.2. The Bertz CT molecular complexity index is 668. The molecule has 3 rings (SSSR count). The van der Waals surface area contributed by atoms with Crippen LogP contribution in [0, 0.1) is 12.8 Å². The van der Waals surface area contributed by atoms with Crippen LogP contribution in [0.25, 0.3) is 11.0 Å². The van der Waals surface area contributed by atoms with Gasteiger partial charge in [-0.2, -0.15) is 0 Å². The van der Waals surface area contributed by atoms with Crippen LogP contribution in [0.3, 0.4) is 0 Å². The number of aliphatic hydroxyl groups is 1. The first kappa shape index (κ1) is 15.1. The van der Waals surface area contributed by atoms with Crippen molar-refractivity contribution in [2.75, 3.05) is 13.7 Å². The van der Waals surface area contributed by atoms with E-state index < -0.39 is 0 Å². The molecule has 22 heavy (non-hydrogen) atoms. The van der Waals surface area contributed by atoms with Crippen LogP contribution in [0.5, 0.6) is 0 Å². The van der Waals surface area contributed by atoms with E-state index in [0.717, 1.165) is 42.2 Å². The molecule has 1 aromatic carbocycles. The van der Waals surface area contributed by atoms with Crippen molar-refractivity contribution < 1.29 is 14.3 Å². The lowest BCUT2D eigenvalue weighted by atomic mass is 9.86. The van der Waals surface area contributed by atoms with Gasteiger partial charge in [0.2, 0.25) is 0 Å². The molecule has 1 N–H and O–H groups in total. The van der Waals surface area contributed by atoms with Crippen molar-refractivity contribution in [2.45, 2.75) is 38.6 Å². The molecular formula is C18H23NO3. The number of carbonyl (C=O) groups excluding carboxylic acids is 1. The number of rotatable bonds is 3. The molecule has 1 aromatic heterocycles. The van der Waals surface area contributed by atoms with E-state index in [1.807, 2.05) is 43.1 Å². The fourth-order valence-electron chi connectivity index (χ4n) is 3.42. The van der Waals surface area contributed by atoms with Crippen LogP contribution < -0.4 is 0 Å². The second-order valence-electron chi connectivity index (χ2n) is 6.33. The van der Waals surface area contributed by atoms with Gasteiger partial charge in [-0.05, 0) is 44.6 Å². The summed E-state index contributed by atoms with van der Waals surface area (Å²) < 4.78 is 5.78. The van der Waals surface area contributed by atoms with E-state index in [2.05, 4.69) is 0 Å². The van der Waals surface area contributed by atoms with E-state index in [1.165, 1.54) is 0 Å². The molecule has 118 valence electrons. The molecule has 0 unspecified atom stereocenters. The lowest BCUT2D eigenvalue weighted by molar-refractivity contribution is 0.0623. The Morgan fingerprint density at radius 3 is 2.59 bits per heavy atom. The van der Waals surface area contributed by atoms with Crippen molar-refractivity contribution >= 4 is 16.9 Å². The zero-order chi connectivity index (χ0) is 15.7. The lowest BCUT2D eigenvalue weighted by Gasteiger charge is -2.33. The van der Waals surface area contributed by atoms with Crippen LogP contribution in [-0.2, 0) is 0 Å². The molecule has 0 bridgehead atoms. The number of furan rings is 1. The van der Waals surface area contributed by atoms with Crippen molar-refractivity contribution in [3.63, 3.8) is 0 Å². The number of para-hydroxylation sites is 1. The molecule has 0 spiro atoms. The third kappa shape index (κ3) is 2.63. The minimum atomic E-state index is -0.0406. The van der Waals surface area contributed by atoms with Crippen LogP contribution in [0.2, 0.25) is 0 Å². The summed E-state index contributed by atoms with van der Waals surface area (Å²) in [5.74, 6) is 0.807. The van der Waals surface area contributed by atoms with E-state index >= 15 is 0 Å². The molecule has 0 atom stereocenters. The largest absolute Gasteiger partial charge is 0.451 e. The number of amides is 1. The van der Waals surface area contributed by atoms with E-state index in [1.54, 1.807) is 0 Å². The molecule has 1 fully saturated rings. The van der Waals surface area contributed by atoms with Crippen molar-refractivity contribution in [2.24, 2.45) is 5.92 Å². The fourth-order valence-corrected chi connectivity index (χ4v) is 3.42. The molecule has 4 heteroatoms. The molecule has 1 heterocycles. The van der Waals surface area contributed by atoms with E-state index in [9.17, 15) is 9.90 Å². The average Bonchev–Trinajstić information content (AvgIpc) is 2.91. The number of fused-ring (bicyclic) bond motifs is 1. The first-order chi connectivity index (χ1) is 10.6. The first-order valence-electron chi connectivity index (χ1n) is 7.98. The Kier molecular flexibility index (Phi) is 4.21. The van der Waals surface area contributed by atoms with Gasteiger partial charge in [0.25, 0.3) is 5.91 Å². The number of carbonyl (C=O) groups is 1. The number of benzene rings is 1. The summed E-state index contributed by atoms with van der Waals surface area (Å²) >= 11 is 0. The predicted molar refractivity (Wildman–Crippen MR) is 85.9 cm³/mol. The quantitative estimate of drug-likeness (QED) is 0.945. The van der Waals surface area contributed by atoms with Gasteiger partial charge in [-0.1, -0.05) is 18.2 Å². The Morgan fingerprint density at radius 1 is 1.27 bits per heavy atom. The van der Waals surface area contributed by atoms with Crippen molar-refractivity contribution in [1.82, 2.24) is 4.90 Å². The molecule has 4 nitrogen and oxygen atoms in total. The maximum Gasteiger partial charge on any atom is 0.289 e. The fraction of sp³-hybridized carbons (Fsp3) is 0.500. The van der Waals surface area contributed by atoms with Gasteiger partial charge in [0.15, 0.2) is 5.76 Å². The zero-order valence-electron chi connectivity index (χ0n) is 13.2. The zero-order valence-corrected chi connectivity index (χ0v) is 13.2. The topological polar surface area (TPSA) is 53.7 Å². The summed E-state index contributed by atoms with van der Waals surface area (Å²) in [6, 6.07) is 7.99. The highest BCUT2D eigenvalue weighted by atomic mass is 16.3. The highest BCUT2D eigenvalue weighted by molar-refractivity contribution is 5.98. The van der Waals surface area contributed by atoms with Crippen LogP contribution in [-0.4, -0.2) is 35.6 Å². The number of aliphatic hydroxyl groups excluding tert-OH is 1. The Morgan fingerprint density at radius 2 is 1.95 bits per heavy atom. The molecule has 0 radical (unpaired) electrons. The summed E-state index contributed by atoms with van der Waals surface area (Å²) in [4.78, 5) is 14.6. The molecule has 1 aliphatic carbocycles. The van der Waals surface area contributed by atoms with Gasteiger partial charge in [-0.25, -0.2) is 0 Å². The van der Waals surface area contributed by atoms with E-state index in [-0.39, 0.29) is 18.6 Å². The molecule has 1 saturated carbocycles. The van der Waals surface area contributed by atoms with Crippen LogP contribution in [0.1, 0.15) is 41.8 Å². The highest BCUT2D eigenvalue weighted by Gasteiger charge is 2.29. The molecule has 0 saturated heterocycles. The molecule has 1 amide bonds. The van der Waals surface area contributed by atoms with Gasteiger partial charge in [0.1, 0.15) is 5.58 Å². The summed E-state index contributed by atoms with van der Waals surface area (Å²) in [6.45, 7) is 2.20. The Hall–Kier alpha value is -1.81. The first-order valence-corrected chi connectivity index (χ1v) is 7.98. The van der Waals surface area contributed by atoms with E-state index in [0.29, 0.717) is 11.7 Å². The van der Waals surface area contributed by atoms with Gasteiger partial charge in [0.05, 0.1) is 0 Å². The Balaban J connectivity index is 1.79. The monoisotopic (exact) mass is 301 g/mol. The molecule has 0 aliphatic heterocycles. The number of aryl methyl sites for hydroxylation is 1. The normalized spacial score (nSPS) is 22.0. The van der Waals surface area contributed by atoms with Crippen LogP contribution in [0.15, 0.2) is 28.7 Å². The van der Waals surface area contributed by atoms with Gasteiger partial charge in [-0.3, -0.25) is 4.79 Å². The van der Waals surface area contributed by atoms with Crippen molar-refractivity contribution in [3.8, 4) is 0 Å². The van der Waals surface area contributed by atoms with Gasteiger partial charge >= 0.3 is 0 Å². The predicted octanol–water partition coefficient (Wildman–Crippen LogP) is 3.36. The minimum absolute atomic E-state index is 0.0406. The summed E-state index contributed by atoms with van der Waals surface area (Å²) in [6.07, 6.45) is 3.87. The number of hydrogen-bond acceptors (Lipinski definition) is 3. The smallest absolute Gasteiger partial charge is 0.289 e. The maximum atomic E-state index is 12.8. The highest BCUT2D eigenvalue weighted by Crippen LogP contribution is 2.30. The van der Waals surface area contributed by atoms with Gasteiger partial charge < -0.3 is 14.4 Å². The standard InChI is InChI=1S/C18H23NO3/c1-12-15-5-3-4-6-16(15)22-17(12)18(21)19(2)14-9-7-13(11-20)8-10-14/h3-6,13-14,20H,7-11H2,1-2H3. The third-order valence-electron chi connectivity index (χ3n) is 4.98. The second kappa shape index (κ2) is 6.13.